The minimum atomic E-state index is -3.31. The fourth-order valence-electron chi connectivity index (χ4n) is 5.45. The summed E-state index contributed by atoms with van der Waals surface area (Å²) < 4.78 is 59.7. The Morgan fingerprint density at radius 3 is 2.44 bits per heavy atom. The number of anilines is 2. The zero-order valence-corrected chi connectivity index (χ0v) is 25.6. The first-order valence-electron chi connectivity index (χ1n) is 14.4. The number of β-amino-alcohol motifs (C(OH)–C–C–N with tert-alkyl or cyclic N) is 1. The van der Waals surface area contributed by atoms with Crippen molar-refractivity contribution in [1.29, 1.82) is 0 Å². The van der Waals surface area contributed by atoms with Gasteiger partial charge in [0.25, 0.3) is 12.4 Å². The molecular formula is C30H28ClF4N7O6. The number of halogens is 5. The topological polar surface area (TPSA) is 162 Å². The third kappa shape index (κ3) is 7.27. The van der Waals surface area contributed by atoms with Crippen LogP contribution in [0.3, 0.4) is 0 Å². The highest BCUT2D eigenvalue weighted by molar-refractivity contribution is 6.34. The number of carbonyl (C=O) groups excluding carboxylic acids is 2. The van der Waals surface area contributed by atoms with E-state index in [1.807, 2.05) is 0 Å². The number of nitrogens with zero attached hydrogens (tertiary/aromatic N) is 5. The fraction of sp³-hybridized carbons (Fsp3) is 0.300. The summed E-state index contributed by atoms with van der Waals surface area (Å²) >= 11 is 6.51. The normalized spacial score (nSPS) is 17.6. The van der Waals surface area contributed by atoms with Crippen LogP contribution in [0.4, 0.5) is 29.1 Å². The Kier molecular flexibility index (Phi) is 10.6. The Morgan fingerprint density at radius 2 is 1.79 bits per heavy atom. The van der Waals surface area contributed by atoms with Gasteiger partial charge in [0.2, 0.25) is 11.7 Å². The van der Waals surface area contributed by atoms with Gasteiger partial charge in [0, 0.05) is 56.4 Å². The van der Waals surface area contributed by atoms with E-state index in [1.165, 1.54) is 29.1 Å². The summed E-state index contributed by atoms with van der Waals surface area (Å²) in [5.41, 5.74) is 0.881. The number of alkyl halides is 2. The van der Waals surface area contributed by atoms with Gasteiger partial charge < -0.3 is 35.4 Å². The Hall–Kier alpha value is -5.00. The lowest BCUT2D eigenvalue weighted by Gasteiger charge is -2.36. The van der Waals surface area contributed by atoms with Crippen LogP contribution in [0.15, 0.2) is 48.9 Å². The van der Waals surface area contributed by atoms with E-state index in [1.54, 1.807) is 21.9 Å². The van der Waals surface area contributed by atoms with Crippen molar-refractivity contribution < 1.29 is 46.9 Å². The number of hydrogen-bond donors (Lipinski definition) is 4. The predicted molar refractivity (Wildman–Crippen MR) is 163 cm³/mol. The number of hydrogen-bond acceptors (Lipinski definition) is 9. The molecule has 18 heteroatoms. The predicted octanol–water partition coefficient (Wildman–Crippen LogP) is 3.38. The highest BCUT2D eigenvalue weighted by Crippen LogP contribution is 2.33. The molecule has 0 radical (unpaired) electrons. The zero-order valence-electron chi connectivity index (χ0n) is 24.8. The van der Waals surface area contributed by atoms with Gasteiger partial charge in [0.15, 0.2) is 23.0 Å². The number of aliphatic hydroxyl groups is 1. The summed E-state index contributed by atoms with van der Waals surface area (Å²) in [7, 11) is 0. The number of fused-ring (bicyclic) bond motifs is 1. The molecule has 4 aromatic rings. The second-order valence-corrected chi connectivity index (χ2v) is 11.0. The van der Waals surface area contributed by atoms with Gasteiger partial charge in [-0.25, -0.2) is 14.4 Å². The lowest BCUT2D eigenvalue weighted by atomic mass is 10.1. The molecular weight excluding hydrogens is 666 g/mol. The maximum Gasteiger partial charge on any atom is 0.387 e. The molecule has 2 aliphatic heterocycles. The first kappa shape index (κ1) is 34.3. The van der Waals surface area contributed by atoms with E-state index in [9.17, 15) is 32.3 Å². The summed E-state index contributed by atoms with van der Waals surface area (Å²) in [6.07, 6.45) is 3.98. The molecule has 6 rings (SSSR count). The van der Waals surface area contributed by atoms with Gasteiger partial charge in [-0.3, -0.25) is 18.8 Å². The van der Waals surface area contributed by atoms with Crippen molar-refractivity contribution >= 4 is 47.0 Å². The van der Waals surface area contributed by atoms with E-state index >= 15 is 0 Å². The first-order valence-corrected chi connectivity index (χ1v) is 14.8. The Bertz CT molecular complexity index is 1820. The summed E-state index contributed by atoms with van der Waals surface area (Å²) in [5.74, 6) is -3.99. The van der Waals surface area contributed by atoms with Crippen LogP contribution in [-0.4, -0.2) is 104 Å². The second kappa shape index (κ2) is 14.8. The number of aromatic nitrogens is 3. The van der Waals surface area contributed by atoms with Crippen LogP contribution in [0.5, 0.6) is 5.75 Å². The maximum absolute atomic E-state index is 14.8. The van der Waals surface area contributed by atoms with E-state index in [0.717, 1.165) is 12.1 Å². The smallest absolute Gasteiger partial charge is 0.387 e. The van der Waals surface area contributed by atoms with Crippen molar-refractivity contribution in [3.05, 3.63) is 71.1 Å². The number of imidazole rings is 1. The summed E-state index contributed by atoms with van der Waals surface area (Å²) in [4.78, 5) is 46.2. The molecule has 2 amide bonds. The molecule has 48 heavy (non-hydrogen) atoms. The molecule has 2 fully saturated rings. The van der Waals surface area contributed by atoms with E-state index in [4.69, 9.17) is 21.5 Å². The Balaban J connectivity index is 0.00000145. The van der Waals surface area contributed by atoms with Crippen LogP contribution < -0.4 is 15.4 Å². The fourth-order valence-corrected chi connectivity index (χ4v) is 5.71. The number of benzene rings is 2. The average Bonchev–Trinajstić information content (AvgIpc) is 3.70. The highest BCUT2D eigenvalue weighted by Gasteiger charge is 2.34. The van der Waals surface area contributed by atoms with Crippen molar-refractivity contribution in [1.82, 2.24) is 29.5 Å². The summed E-state index contributed by atoms with van der Waals surface area (Å²) in [6, 6.07) is 6.32. The molecule has 0 saturated carbocycles. The summed E-state index contributed by atoms with van der Waals surface area (Å²) in [6.45, 7) is -1.80. The molecule has 254 valence electrons. The molecule has 2 saturated heterocycles. The number of aliphatic hydroxyl groups excluding tert-OH is 1. The molecule has 0 spiro atoms. The molecule has 4 heterocycles. The van der Waals surface area contributed by atoms with Gasteiger partial charge in [0.1, 0.15) is 0 Å². The van der Waals surface area contributed by atoms with Crippen LogP contribution in [0.2, 0.25) is 5.02 Å². The largest absolute Gasteiger partial charge is 0.483 e. The van der Waals surface area contributed by atoms with Crippen LogP contribution in [-0.2, 0) is 9.59 Å². The lowest BCUT2D eigenvalue weighted by Crippen LogP contribution is -2.54. The van der Waals surface area contributed by atoms with Gasteiger partial charge in [-0.1, -0.05) is 11.6 Å². The summed E-state index contributed by atoms with van der Waals surface area (Å²) in [5, 5.41) is 22.8. The molecule has 4 N–H and O–H groups in total. The number of nitrogens with one attached hydrogen (secondary N) is 2. The minimum absolute atomic E-state index is 0.0880. The molecule has 2 aromatic heterocycles. The van der Waals surface area contributed by atoms with Crippen molar-refractivity contribution in [2.24, 2.45) is 0 Å². The SMILES string of the molecule is O=C(c1ccc(Nc2nccn3c(-c4ccc(OC(F)F)c(F)c4F)cnc23)cc1Cl)N1CCN(C(=O)[C@@H]2C[C@@H](O)CN2)CC1.O=CO. The molecule has 0 bridgehead atoms. The zero-order chi connectivity index (χ0) is 34.5. The standard InChI is InChI=1S/C29H26ClF4N7O4.CH2O2/c30-19-11-15(1-2-17(19)27(43)39-7-9-40(10-8-39)28(44)20-12-16(42)13-36-20)38-25-26-37-14-21(41(26)6-5-35-25)18-3-4-22(45-29(33)34)24(32)23(18)31;2-1-3/h1-6,11,14,16,20,29,36,42H,7-10,12-13H2,(H,35,38);1H,(H,2,3)/t16-,20+;/m1./s1. The van der Waals surface area contributed by atoms with Crippen LogP contribution in [0.25, 0.3) is 16.9 Å². The molecule has 2 aromatic carbocycles. The monoisotopic (exact) mass is 693 g/mol. The first-order chi connectivity index (χ1) is 23.0. The third-order valence-electron chi connectivity index (χ3n) is 7.71. The highest BCUT2D eigenvalue weighted by atomic mass is 35.5. The molecule has 0 unspecified atom stereocenters. The van der Waals surface area contributed by atoms with E-state index in [2.05, 4.69) is 25.3 Å². The lowest BCUT2D eigenvalue weighted by molar-refractivity contribution is -0.134. The van der Waals surface area contributed by atoms with Crippen molar-refractivity contribution in [2.45, 2.75) is 25.2 Å². The number of rotatable bonds is 7. The third-order valence-corrected chi connectivity index (χ3v) is 8.03. The number of amides is 2. The van der Waals surface area contributed by atoms with Crippen molar-refractivity contribution in [2.75, 3.05) is 38.0 Å². The van der Waals surface area contributed by atoms with Gasteiger partial charge in [0.05, 0.1) is 34.6 Å². The van der Waals surface area contributed by atoms with Gasteiger partial charge in [-0.05, 0) is 36.8 Å². The minimum Gasteiger partial charge on any atom is -0.483 e. The second-order valence-electron chi connectivity index (χ2n) is 10.6. The van der Waals surface area contributed by atoms with E-state index in [-0.39, 0.29) is 51.6 Å². The number of ether oxygens (including phenoxy) is 1. The quantitative estimate of drug-likeness (QED) is 0.167. The van der Waals surface area contributed by atoms with Gasteiger partial charge >= 0.3 is 6.61 Å². The molecule has 0 aliphatic carbocycles. The van der Waals surface area contributed by atoms with E-state index < -0.39 is 36.1 Å². The van der Waals surface area contributed by atoms with Crippen LogP contribution in [0, 0.1) is 11.6 Å². The van der Waals surface area contributed by atoms with E-state index in [0.29, 0.717) is 44.8 Å². The molecule has 2 aliphatic rings. The number of carbonyl (C=O) groups is 3. The van der Waals surface area contributed by atoms with Crippen LogP contribution >= 0.6 is 11.6 Å². The molecule has 13 nitrogen and oxygen atoms in total. The van der Waals surface area contributed by atoms with Crippen LogP contribution in [0.1, 0.15) is 16.8 Å². The molecule has 2 atom stereocenters. The van der Waals surface area contributed by atoms with Gasteiger partial charge in [-0.15, -0.1) is 0 Å². The van der Waals surface area contributed by atoms with Crippen molar-refractivity contribution in [3.8, 4) is 17.0 Å². The van der Waals surface area contributed by atoms with Crippen molar-refractivity contribution in [3.63, 3.8) is 0 Å². The Labute approximate surface area is 274 Å². The number of carboxylic acid groups (broad SMARTS) is 1. The van der Waals surface area contributed by atoms with Gasteiger partial charge in [-0.2, -0.15) is 13.2 Å². The maximum atomic E-state index is 14.8. The average molecular weight is 694 g/mol. The number of piperazine rings is 1. The Morgan fingerprint density at radius 1 is 1.08 bits per heavy atom.